The number of carbonyl (C=O) groups is 4. The van der Waals surface area contributed by atoms with Crippen molar-refractivity contribution in [2.75, 3.05) is 38.9 Å². The number of hydrogen-bond donors (Lipinski definition) is 2. The van der Waals surface area contributed by atoms with Crippen molar-refractivity contribution in [2.45, 2.75) is 49.9 Å². The first-order valence-corrected chi connectivity index (χ1v) is 24.1. The van der Waals surface area contributed by atoms with Crippen LogP contribution in [0.2, 0.25) is 5.02 Å². The molecule has 2 aliphatic heterocycles. The van der Waals surface area contributed by atoms with E-state index in [4.69, 9.17) is 25.8 Å². The Morgan fingerprint density at radius 3 is 1.63 bits per heavy atom. The van der Waals surface area contributed by atoms with Crippen molar-refractivity contribution in [3.63, 3.8) is 0 Å². The average molecular weight is 994 g/mol. The number of ether oxygens (including phenoxy) is 3. The van der Waals surface area contributed by atoms with Gasteiger partial charge >= 0.3 is 11.9 Å². The normalized spacial score (nSPS) is 17.5. The number of carboxylic acids is 2. The summed E-state index contributed by atoms with van der Waals surface area (Å²) in [6, 6.07) is 28.5. The van der Waals surface area contributed by atoms with Crippen LogP contribution in [0.3, 0.4) is 0 Å². The van der Waals surface area contributed by atoms with E-state index in [-0.39, 0.29) is 17.9 Å². The van der Waals surface area contributed by atoms with Gasteiger partial charge in [-0.1, -0.05) is 72.3 Å². The number of amides is 2. The second-order valence-corrected chi connectivity index (χ2v) is 18.8. The summed E-state index contributed by atoms with van der Waals surface area (Å²) in [5.74, 6) is -2.41. The van der Waals surface area contributed by atoms with Crippen LogP contribution >= 0.6 is 11.6 Å². The van der Waals surface area contributed by atoms with Gasteiger partial charge in [-0.3, -0.25) is 13.9 Å². The van der Waals surface area contributed by atoms with E-state index in [0.29, 0.717) is 80.9 Å². The average Bonchev–Trinajstić information content (AvgIpc) is 4.02. The Kier molecular flexibility index (Phi) is 15.4. The molecular weight excluding hydrogens is 945 g/mol. The number of aromatic nitrogens is 2. The summed E-state index contributed by atoms with van der Waals surface area (Å²) >= 11 is 6.37. The molecule has 0 spiro atoms. The van der Waals surface area contributed by atoms with Crippen molar-refractivity contribution in [1.29, 1.82) is 0 Å². The number of benzene rings is 5. The third kappa shape index (κ3) is 10.4. The van der Waals surface area contributed by atoms with E-state index in [1.54, 1.807) is 97.1 Å². The predicted octanol–water partition coefficient (Wildman–Crippen LogP) is 8.57. The summed E-state index contributed by atoms with van der Waals surface area (Å²) < 4.78 is 55.6. The molecule has 16 nitrogen and oxygen atoms in total. The number of sulfonamides is 1. The van der Waals surface area contributed by atoms with E-state index in [1.165, 1.54) is 50.6 Å². The second-order valence-electron chi connectivity index (χ2n) is 16.4. The molecule has 2 N–H and O–H groups in total. The van der Waals surface area contributed by atoms with Gasteiger partial charge in [-0.25, -0.2) is 32.4 Å². The molecule has 8 rings (SSSR count). The third-order valence-corrected chi connectivity index (χ3v) is 14.0. The Labute approximate surface area is 408 Å². The zero-order valence-electron chi connectivity index (χ0n) is 38.7. The molecular formula is C51H49ClFN5O11S. The number of halogens is 2. The lowest BCUT2D eigenvalue weighted by Crippen LogP contribution is -2.42. The van der Waals surface area contributed by atoms with Crippen LogP contribution in [0.15, 0.2) is 122 Å². The lowest BCUT2D eigenvalue weighted by atomic mass is 10.0. The molecule has 3 heterocycles. The van der Waals surface area contributed by atoms with Crippen molar-refractivity contribution in [3.05, 3.63) is 155 Å². The predicted molar refractivity (Wildman–Crippen MR) is 259 cm³/mol. The van der Waals surface area contributed by atoms with E-state index in [1.807, 2.05) is 12.1 Å². The van der Waals surface area contributed by atoms with Crippen LogP contribution in [0, 0.1) is 5.82 Å². The molecule has 2 aliphatic rings. The number of anilines is 1. The Bertz CT molecular complexity index is 3010. The molecule has 70 heavy (non-hydrogen) atoms. The van der Waals surface area contributed by atoms with Gasteiger partial charge in [-0.15, -0.1) is 0 Å². The minimum Gasteiger partial charge on any atom is -0.496 e. The lowest BCUT2D eigenvalue weighted by molar-refractivity contribution is -0.142. The molecule has 1 aromatic heterocycles. The van der Waals surface area contributed by atoms with Gasteiger partial charge in [0.2, 0.25) is 21.8 Å². The third-order valence-electron chi connectivity index (χ3n) is 12.4. The number of likely N-dealkylation sites (tertiary alicyclic amines) is 2. The Balaban J connectivity index is 0.000000208. The minimum atomic E-state index is -3.45. The lowest BCUT2D eigenvalue weighted by Gasteiger charge is -2.29. The second kappa shape index (κ2) is 21.4. The quantitative estimate of drug-likeness (QED) is 0.111. The first kappa shape index (κ1) is 50.3. The molecule has 6 aromatic rings. The maximum absolute atomic E-state index is 14.5. The number of methoxy groups -OCH3 is 3. The van der Waals surface area contributed by atoms with E-state index < -0.39 is 57.9 Å². The molecule has 2 amide bonds. The number of hydrogen-bond acceptors (Lipinski definition) is 11. The number of rotatable bonds is 13. The highest BCUT2D eigenvalue weighted by Gasteiger charge is 2.44. The van der Waals surface area contributed by atoms with E-state index in [2.05, 4.69) is 9.97 Å². The maximum atomic E-state index is 14.5. The van der Waals surface area contributed by atoms with Crippen LogP contribution in [0.4, 0.5) is 10.1 Å². The van der Waals surface area contributed by atoms with Crippen LogP contribution in [0.1, 0.15) is 69.6 Å². The monoisotopic (exact) mass is 993 g/mol. The van der Waals surface area contributed by atoms with Crippen molar-refractivity contribution < 1.29 is 56.4 Å². The van der Waals surface area contributed by atoms with Crippen LogP contribution in [0.5, 0.6) is 17.5 Å². The van der Waals surface area contributed by atoms with Crippen molar-refractivity contribution >= 4 is 51.1 Å². The standard InChI is InChI=1S/C27H27FN2O6S.C24H22ClN3O5/c1-29(37(3,34)35)19-12-13-20(25(16-19)36-2)17-8-10-18(11-9-17)26(31)30-23(14-15-24(30)27(32)33)21-6-4-5-7-22(21)28;1-32-21-20(22(33-2)27-13-26-21)14-7-9-15(10-8-14)23(29)28-18(11-12-19(28)24(30)31)16-5-3-4-6-17(16)25/h4-13,16,23-24H,14-15H2,1-3H3,(H,32,33);3-10,13,18-19H,11-12H2,1-2H3,(H,30,31)/t23-,24+;18-,19+/m11/s1. The molecule has 0 saturated carbocycles. The van der Waals surface area contributed by atoms with E-state index in [0.717, 1.165) is 16.1 Å². The highest BCUT2D eigenvalue weighted by molar-refractivity contribution is 7.92. The molecule has 0 bridgehead atoms. The van der Waals surface area contributed by atoms with Crippen molar-refractivity contribution in [3.8, 4) is 39.8 Å². The highest BCUT2D eigenvalue weighted by Crippen LogP contribution is 2.42. The van der Waals surface area contributed by atoms with Gasteiger partial charge in [0, 0.05) is 40.4 Å². The highest BCUT2D eigenvalue weighted by atomic mass is 35.5. The fourth-order valence-electron chi connectivity index (χ4n) is 8.86. The van der Waals surface area contributed by atoms with E-state index >= 15 is 0 Å². The van der Waals surface area contributed by atoms with Gasteiger partial charge in [-0.2, -0.15) is 0 Å². The number of nitrogens with zero attached hydrogens (tertiary/aromatic N) is 5. The Morgan fingerprint density at radius 1 is 0.671 bits per heavy atom. The maximum Gasteiger partial charge on any atom is 0.326 e. The topological polar surface area (TPSA) is 206 Å². The fourth-order valence-corrected chi connectivity index (χ4v) is 9.62. The smallest absolute Gasteiger partial charge is 0.326 e. The summed E-state index contributed by atoms with van der Waals surface area (Å²) in [5, 5.41) is 20.0. The molecule has 0 radical (unpaired) electrons. The van der Waals surface area contributed by atoms with Crippen LogP contribution in [0.25, 0.3) is 22.3 Å². The number of aliphatic carboxylic acids is 2. The molecule has 364 valence electrons. The first-order chi connectivity index (χ1) is 33.5. The molecule has 2 fully saturated rings. The molecule has 5 aromatic carbocycles. The summed E-state index contributed by atoms with van der Waals surface area (Å²) in [6.45, 7) is 0. The van der Waals surface area contributed by atoms with Gasteiger partial charge in [0.05, 0.1) is 45.4 Å². The van der Waals surface area contributed by atoms with Gasteiger partial charge in [0.25, 0.3) is 11.8 Å². The molecule has 0 unspecified atom stereocenters. The summed E-state index contributed by atoms with van der Waals surface area (Å²) in [5.41, 5.74) is 4.74. The van der Waals surface area contributed by atoms with Gasteiger partial charge < -0.3 is 34.2 Å². The van der Waals surface area contributed by atoms with Gasteiger partial charge in [0.15, 0.2) is 0 Å². The van der Waals surface area contributed by atoms with Crippen LogP contribution in [-0.4, -0.2) is 109 Å². The summed E-state index contributed by atoms with van der Waals surface area (Å²) in [4.78, 5) is 61.7. The zero-order chi connectivity index (χ0) is 50.4. The Hall–Kier alpha value is -7.57. The fraction of sp³-hybridized carbons (Fsp3) is 0.255. The molecule has 4 atom stereocenters. The van der Waals surface area contributed by atoms with E-state index in [9.17, 15) is 42.2 Å². The SMILES string of the molecule is COc1cc(N(C)S(C)(=O)=O)ccc1-c1ccc(C(=O)N2[C@@H](c3ccccc3F)CC[C@H]2C(=O)O)cc1.COc1ncnc(OC)c1-c1ccc(C(=O)N2[C@@H](c3ccccc3Cl)CC[C@H]2C(=O)O)cc1. The van der Waals surface area contributed by atoms with Crippen molar-refractivity contribution in [2.24, 2.45) is 0 Å². The molecule has 19 heteroatoms. The first-order valence-electron chi connectivity index (χ1n) is 21.8. The zero-order valence-corrected chi connectivity index (χ0v) is 40.2. The number of carbonyl (C=O) groups excluding carboxylic acids is 2. The van der Waals surface area contributed by atoms with Crippen LogP contribution in [-0.2, 0) is 19.6 Å². The summed E-state index contributed by atoms with van der Waals surface area (Å²) in [7, 11) is 2.47. The Morgan fingerprint density at radius 2 is 1.16 bits per heavy atom. The minimum absolute atomic E-state index is 0.226. The molecule has 2 saturated heterocycles. The molecule has 0 aliphatic carbocycles. The van der Waals surface area contributed by atoms with Crippen molar-refractivity contribution in [1.82, 2.24) is 19.8 Å². The van der Waals surface area contributed by atoms with Gasteiger partial charge in [-0.05, 0) is 90.9 Å². The largest absolute Gasteiger partial charge is 0.496 e. The number of carboxylic acid groups (broad SMARTS) is 2. The summed E-state index contributed by atoms with van der Waals surface area (Å²) in [6.07, 6.45) is 3.88. The van der Waals surface area contributed by atoms with Crippen LogP contribution < -0.4 is 18.5 Å². The van der Waals surface area contributed by atoms with Gasteiger partial charge in [0.1, 0.15) is 35.5 Å².